The smallest absolute Gasteiger partial charge is 0.338 e. The Balaban J connectivity index is 2.14. The summed E-state index contributed by atoms with van der Waals surface area (Å²) in [6.45, 7) is 5.81. The van der Waals surface area contributed by atoms with E-state index in [4.69, 9.17) is 25.8 Å². The summed E-state index contributed by atoms with van der Waals surface area (Å²) in [5.74, 6) is -0.0274. The number of carbonyl (C=O) groups is 2. The molecule has 132 valence electrons. The lowest BCUT2D eigenvalue weighted by Gasteiger charge is -2.21. The highest BCUT2D eigenvalue weighted by atomic mass is 35.5. The molecule has 0 spiro atoms. The molecule has 6 heteroatoms. The summed E-state index contributed by atoms with van der Waals surface area (Å²) in [5.41, 5.74) is 0.901. The first-order chi connectivity index (χ1) is 11.9. The number of carbonyl (C=O) groups excluding carboxylic acids is 2. The van der Waals surface area contributed by atoms with Gasteiger partial charge in [0.1, 0.15) is 18.1 Å². The number of rotatable bonds is 3. The van der Waals surface area contributed by atoms with E-state index in [-0.39, 0.29) is 13.2 Å². The molecule has 1 fully saturated rings. The van der Waals surface area contributed by atoms with Crippen molar-refractivity contribution in [1.82, 2.24) is 0 Å². The van der Waals surface area contributed by atoms with Crippen LogP contribution < -0.4 is 0 Å². The topological polar surface area (TPSA) is 61.8 Å². The normalized spacial score (nSPS) is 23.0. The highest BCUT2D eigenvalue weighted by molar-refractivity contribution is 6.30. The molecule has 0 N–H and O–H groups in total. The van der Waals surface area contributed by atoms with Gasteiger partial charge < -0.3 is 14.2 Å². The minimum absolute atomic E-state index is 0.192. The Morgan fingerprint density at radius 1 is 1.32 bits per heavy atom. The van der Waals surface area contributed by atoms with Crippen LogP contribution in [0.3, 0.4) is 0 Å². The van der Waals surface area contributed by atoms with Crippen molar-refractivity contribution >= 4 is 29.3 Å². The van der Waals surface area contributed by atoms with Crippen LogP contribution in [0.15, 0.2) is 41.2 Å². The molecule has 0 radical (unpaired) electrons. The van der Waals surface area contributed by atoms with E-state index in [2.05, 4.69) is 0 Å². The summed E-state index contributed by atoms with van der Waals surface area (Å²) in [6.07, 6.45) is 0.315. The molecule has 0 saturated carbocycles. The molecule has 1 saturated heterocycles. The van der Waals surface area contributed by atoms with Gasteiger partial charge in [0.25, 0.3) is 0 Å². The van der Waals surface area contributed by atoms with E-state index < -0.39 is 17.4 Å². The van der Waals surface area contributed by atoms with Gasteiger partial charge in [0.2, 0.25) is 0 Å². The molecule has 0 amide bonds. The van der Waals surface area contributed by atoms with E-state index in [1.807, 2.05) is 6.92 Å². The third-order valence-electron chi connectivity index (χ3n) is 4.43. The van der Waals surface area contributed by atoms with Gasteiger partial charge in [-0.1, -0.05) is 18.5 Å². The minimum Gasteiger partial charge on any atom is -0.463 e. The van der Waals surface area contributed by atoms with Crippen LogP contribution in [0.2, 0.25) is 5.02 Å². The first-order valence-electron chi connectivity index (χ1n) is 8.08. The molecule has 0 bridgehead atoms. The van der Waals surface area contributed by atoms with Crippen molar-refractivity contribution in [3.63, 3.8) is 0 Å². The standard InChI is InChI=1S/C19H19ClO5/c1-4-23-17(21)14-9-19(3)10-24-18(22)15(19)16(25-11(14)2)12-5-7-13(20)8-6-12/h5-8H,4,9-10H2,1-3H3. The molecule has 25 heavy (non-hydrogen) atoms. The maximum absolute atomic E-state index is 12.4. The van der Waals surface area contributed by atoms with E-state index in [1.165, 1.54) is 0 Å². The summed E-state index contributed by atoms with van der Waals surface area (Å²) in [4.78, 5) is 24.7. The Morgan fingerprint density at radius 2 is 2.00 bits per heavy atom. The third kappa shape index (κ3) is 3.16. The number of cyclic esters (lactones) is 1. The Morgan fingerprint density at radius 3 is 2.64 bits per heavy atom. The number of halogens is 1. The Hall–Kier alpha value is -2.27. The van der Waals surface area contributed by atoms with Crippen LogP contribution in [-0.2, 0) is 23.8 Å². The van der Waals surface area contributed by atoms with Crippen LogP contribution in [0.25, 0.3) is 5.76 Å². The first-order valence-corrected chi connectivity index (χ1v) is 8.46. The zero-order chi connectivity index (χ0) is 18.2. The predicted octanol–water partition coefficient (Wildman–Crippen LogP) is 3.87. The van der Waals surface area contributed by atoms with Gasteiger partial charge in [0.05, 0.1) is 17.8 Å². The molecule has 0 aromatic heterocycles. The molecule has 3 rings (SSSR count). The van der Waals surface area contributed by atoms with E-state index in [0.29, 0.717) is 39.7 Å². The molecule has 0 aliphatic carbocycles. The highest BCUT2D eigenvalue weighted by Gasteiger charge is 2.48. The van der Waals surface area contributed by atoms with Crippen molar-refractivity contribution in [3.8, 4) is 0 Å². The molecule has 2 heterocycles. The highest BCUT2D eigenvalue weighted by Crippen LogP contribution is 2.47. The number of hydrogen-bond donors (Lipinski definition) is 0. The molecule has 2 aliphatic rings. The predicted molar refractivity (Wildman–Crippen MR) is 92.5 cm³/mol. The Labute approximate surface area is 151 Å². The van der Waals surface area contributed by atoms with E-state index in [9.17, 15) is 9.59 Å². The summed E-state index contributed by atoms with van der Waals surface area (Å²) in [5, 5.41) is 0.583. The second kappa shape index (κ2) is 6.56. The van der Waals surface area contributed by atoms with Gasteiger partial charge in [-0.15, -0.1) is 0 Å². The van der Waals surface area contributed by atoms with Gasteiger partial charge in [-0.2, -0.15) is 0 Å². The van der Waals surface area contributed by atoms with Crippen LogP contribution >= 0.6 is 11.6 Å². The van der Waals surface area contributed by atoms with Gasteiger partial charge >= 0.3 is 11.9 Å². The van der Waals surface area contributed by atoms with Crippen molar-refractivity contribution in [2.75, 3.05) is 13.2 Å². The van der Waals surface area contributed by atoms with Crippen molar-refractivity contribution in [1.29, 1.82) is 0 Å². The van der Waals surface area contributed by atoms with Crippen LogP contribution in [0, 0.1) is 5.41 Å². The number of allylic oxidation sites excluding steroid dienone is 1. The molecule has 1 aromatic rings. The van der Waals surface area contributed by atoms with E-state index >= 15 is 0 Å². The Bertz CT molecular complexity index is 791. The lowest BCUT2D eigenvalue weighted by molar-refractivity contribution is -0.139. The van der Waals surface area contributed by atoms with Gasteiger partial charge in [-0.05, 0) is 44.5 Å². The van der Waals surface area contributed by atoms with Crippen molar-refractivity contribution in [2.45, 2.75) is 27.2 Å². The third-order valence-corrected chi connectivity index (χ3v) is 4.68. The quantitative estimate of drug-likeness (QED) is 0.764. The number of ether oxygens (including phenoxy) is 3. The molecule has 1 unspecified atom stereocenters. The number of esters is 2. The van der Waals surface area contributed by atoms with Crippen molar-refractivity contribution in [3.05, 3.63) is 51.8 Å². The summed E-state index contributed by atoms with van der Waals surface area (Å²) in [6, 6.07) is 7.00. The number of fused-ring (bicyclic) bond motifs is 1. The van der Waals surface area contributed by atoms with Gasteiger partial charge in [0.15, 0.2) is 0 Å². The molecular weight excluding hydrogens is 344 g/mol. The average Bonchev–Trinajstić information content (AvgIpc) is 2.80. The molecule has 1 atom stereocenters. The monoisotopic (exact) mass is 362 g/mol. The average molecular weight is 363 g/mol. The summed E-state index contributed by atoms with van der Waals surface area (Å²) >= 11 is 5.96. The second-order valence-electron chi connectivity index (χ2n) is 6.38. The second-order valence-corrected chi connectivity index (χ2v) is 6.82. The molecule has 1 aromatic carbocycles. The maximum Gasteiger partial charge on any atom is 0.338 e. The van der Waals surface area contributed by atoms with E-state index in [1.54, 1.807) is 38.1 Å². The van der Waals surface area contributed by atoms with Crippen LogP contribution in [0.4, 0.5) is 0 Å². The zero-order valence-electron chi connectivity index (χ0n) is 14.3. The van der Waals surface area contributed by atoms with Crippen molar-refractivity contribution < 1.29 is 23.8 Å². The minimum atomic E-state index is -0.661. The van der Waals surface area contributed by atoms with E-state index in [0.717, 1.165) is 0 Å². The van der Waals surface area contributed by atoms with Crippen LogP contribution in [0.5, 0.6) is 0 Å². The zero-order valence-corrected chi connectivity index (χ0v) is 15.1. The fourth-order valence-corrected chi connectivity index (χ4v) is 3.27. The SMILES string of the molecule is CCOC(=O)C1=C(C)OC(c2ccc(Cl)cc2)=C2C(=O)OCC2(C)C1. The Kier molecular flexibility index (Phi) is 4.60. The summed E-state index contributed by atoms with van der Waals surface area (Å²) in [7, 11) is 0. The van der Waals surface area contributed by atoms with Crippen LogP contribution in [-0.4, -0.2) is 25.2 Å². The molecular formula is C19H19ClO5. The van der Waals surface area contributed by atoms with Crippen LogP contribution in [0.1, 0.15) is 32.8 Å². The lowest BCUT2D eigenvalue weighted by atomic mass is 9.78. The fraction of sp³-hybridized carbons (Fsp3) is 0.368. The largest absolute Gasteiger partial charge is 0.463 e. The van der Waals surface area contributed by atoms with Crippen molar-refractivity contribution in [2.24, 2.45) is 5.41 Å². The number of hydrogen-bond acceptors (Lipinski definition) is 5. The lowest BCUT2D eigenvalue weighted by Crippen LogP contribution is -2.23. The number of benzene rings is 1. The molecule has 2 aliphatic heterocycles. The molecule has 5 nitrogen and oxygen atoms in total. The van der Waals surface area contributed by atoms with Gasteiger partial charge in [0, 0.05) is 16.0 Å². The maximum atomic E-state index is 12.4. The first kappa shape index (κ1) is 17.5. The fourth-order valence-electron chi connectivity index (χ4n) is 3.14. The van der Waals surface area contributed by atoms with Gasteiger partial charge in [-0.3, -0.25) is 0 Å². The summed E-state index contributed by atoms with van der Waals surface area (Å²) < 4.78 is 16.4. The van der Waals surface area contributed by atoms with Gasteiger partial charge in [-0.25, -0.2) is 9.59 Å².